The van der Waals surface area contributed by atoms with Crippen molar-refractivity contribution in [3.8, 4) is 0 Å². The number of morpholine rings is 1. The van der Waals surface area contributed by atoms with Crippen molar-refractivity contribution in [2.24, 2.45) is 0 Å². The Labute approximate surface area is 114 Å². The first-order valence-corrected chi connectivity index (χ1v) is 6.81. The van der Waals surface area contributed by atoms with E-state index in [0.717, 1.165) is 6.54 Å². The van der Waals surface area contributed by atoms with E-state index in [0.29, 0.717) is 39.5 Å². The summed E-state index contributed by atoms with van der Waals surface area (Å²) in [5, 5.41) is 3.29. The molecular formula is C13H24N2O4. The monoisotopic (exact) mass is 272 g/mol. The lowest BCUT2D eigenvalue weighted by Gasteiger charge is -2.41. The third-order valence-electron chi connectivity index (χ3n) is 3.14. The highest BCUT2D eigenvalue weighted by Gasteiger charge is 2.40. The summed E-state index contributed by atoms with van der Waals surface area (Å²) in [5.41, 5.74) is -0.910. The van der Waals surface area contributed by atoms with Gasteiger partial charge in [-0.05, 0) is 20.8 Å². The Balaban J connectivity index is 1.98. The van der Waals surface area contributed by atoms with Crippen LogP contribution in [0.15, 0.2) is 0 Å². The van der Waals surface area contributed by atoms with Gasteiger partial charge in [0, 0.05) is 19.6 Å². The van der Waals surface area contributed by atoms with Gasteiger partial charge < -0.3 is 24.4 Å². The fourth-order valence-electron chi connectivity index (χ4n) is 2.29. The van der Waals surface area contributed by atoms with Crippen molar-refractivity contribution < 1.29 is 19.0 Å². The predicted molar refractivity (Wildman–Crippen MR) is 70.2 cm³/mol. The second kappa shape index (κ2) is 5.64. The molecule has 0 saturated carbocycles. The molecule has 0 bridgehead atoms. The molecule has 0 aliphatic carbocycles. The van der Waals surface area contributed by atoms with Crippen molar-refractivity contribution in [3.63, 3.8) is 0 Å². The Hall–Kier alpha value is -0.850. The summed E-state index contributed by atoms with van der Waals surface area (Å²) < 4.78 is 16.8. The highest BCUT2D eigenvalue weighted by atomic mass is 16.6. The van der Waals surface area contributed by atoms with Crippen LogP contribution in [0, 0.1) is 0 Å². The average molecular weight is 272 g/mol. The molecule has 19 heavy (non-hydrogen) atoms. The number of nitrogens with one attached hydrogen (secondary N) is 1. The highest BCUT2D eigenvalue weighted by Crippen LogP contribution is 2.21. The molecule has 2 rings (SSSR count). The lowest BCUT2D eigenvalue weighted by Crippen LogP contribution is -2.59. The minimum absolute atomic E-state index is 0.278. The topological polar surface area (TPSA) is 60.0 Å². The second-order valence-electron chi connectivity index (χ2n) is 6.16. The van der Waals surface area contributed by atoms with Crippen LogP contribution >= 0.6 is 0 Å². The molecule has 0 aromatic heterocycles. The molecule has 2 aliphatic rings. The normalized spacial score (nSPS) is 29.1. The molecule has 1 N–H and O–H groups in total. The molecule has 2 fully saturated rings. The summed E-state index contributed by atoms with van der Waals surface area (Å²) in [5.74, 6) is 0. The number of amides is 1. The Kier molecular flexibility index (Phi) is 4.32. The fourth-order valence-corrected chi connectivity index (χ4v) is 2.29. The van der Waals surface area contributed by atoms with Gasteiger partial charge in [0.25, 0.3) is 0 Å². The maximum atomic E-state index is 12.1. The maximum absolute atomic E-state index is 12.1. The Morgan fingerprint density at radius 3 is 2.89 bits per heavy atom. The van der Waals surface area contributed by atoms with Gasteiger partial charge in [0.15, 0.2) is 0 Å². The SMILES string of the molecule is CC(C)(C)OC(=O)N1CCO[C@@]2(CNCCOC2)C1. The number of carbonyl (C=O) groups is 1. The fraction of sp³-hybridized carbons (Fsp3) is 0.923. The van der Waals surface area contributed by atoms with Crippen LogP contribution in [0.1, 0.15) is 20.8 Å². The Bertz CT molecular complexity index is 319. The number of carbonyl (C=O) groups excluding carboxylic acids is 1. The van der Waals surface area contributed by atoms with E-state index in [2.05, 4.69) is 5.32 Å². The van der Waals surface area contributed by atoms with Crippen LogP contribution in [-0.4, -0.2) is 68.2 Å². The van der Waals surface area contributed by atoms with E-state index in [1.807, 2.05) is 20.8 Å². The molecule has 2 heterocycles. The lowest BCUT2D eigenvalue weighted by molar-refractivity contribution is -0.131. The minimum atomic E-state index is -0.471. The molecule has 0 aromatic rings. The van der Waals surface area contributed by atoms with Gasteiger partial charge >= 0.3 is 6.09 Å². The summed E-state index contributed by atoms with van der Waals surface area (Å²) in [7, 11) is 0. The van der Waals surface area contributed by atoms with Gasteiger partial charge in [-0.25, -0.2) is 4.79 Å². The summed E-state index contributed by atoms with van der Waals surface area (Å²) in [4.78, 5) is 13.8. The number of ether oxygens (including phenoxy) is 3. The minimum Gasteiger partial charge on any atom is -0.444 e. The van der Waals surface area contributed by atoms with Gasteiger partial charge in [0.2, 0.25) is 0 Å². The van der Waals surface area contributed by atoms with Crippen molar-refractivity contribution in [2.45, 2.75) is 32.0 Å². The first-order valence-electron chi connectivity index (χ1n) is 6.81. The first-order chi connectivity index (χ1) is 8.90. The van der Waals surface area contributed by atoms with Crippen molar-refractivity contribution in [1.29, 1.82) is 0 Å². The zero-order chi connectivity index (χ0) is 13.9. The van der Waals surface area contributed by atoms with Crippen molar-refractivity contribution >= 4 is 6.09 Å². The number of hydrogen-bond acceptors (Lipinski definition) is 5. The number of hydrogen-bond donors (Lipinski definition) is 1. The standard InChI is InChI=1S/C13H24N2O4/c1-12(2,3)19-11(16)15-5-7-18-13(9-15)8-14-4-6-17-10-13/h14H,4-10H2,1-3H3/t13-/m0/s1. The van der Waals surface area contributed by atoms with Crippen LogP contribution in [0.5, 0.6) is 0 Å². The quantitative estimate of drug-likeness (QED) is 0.700. The largest absolute Gasteiger partial charge is 0.444 e. The van der Waals surface area contributed by atoms with Gasteiger partial charge in [0.05, 0.1) is 26.4 Å². The van der Waals surface area contributed by atoms with E-state index < -0.39 is 11.2 Å². The van der Waals surface area contributed by atoms with Crippen LogP contribution in [0.2, 0.25) is 0 Å². The first kappa shape index (κ1) is 14.6. The number of nitrogens with zero attached hydrogens (tertiary/aromatic N) is 1. The Morgan fingerprint density at radius 1 is 1.37 bits per heavy atom. The maximum Gasteiger partial charge on any atom is 0.410 e. The lowest BCUT2D eigenvalue weighted by atomic mass is 10.0. The van der Waals surface area contributed by atoms with Crippen LogP contribution in [0.4, 0.5) is 4.79 Å². The van der Waals surface area contributed by atoms with Crippen LogP contribution in [0.3, 0.4) is 0 Å². The van der Waals surface area contributed by atoms with E-state index in [-0.39, 0.29) is 6.09 Å². The zero-order valence-electron chi connectivity index (χ0n) is 12.0. The molecule has 2 saturated heterocycles. The third-order valence-corrected chi connectivity index (χ3v) is 3.14. The molecule has 6 nitrogen and oxygen atoms in total. The molecule has 6 heteroatoms. The van der Waals surface area contributed by atoms with E-state index in [1.54, 1.807) is 4.90 Å². The molecular weight excluding hydrogens is 248 g/mol. The second-order valence-corrected chi connectivity index (χ2v) is 6.16. The third kappa shape index (κ3) is 4.06. The van der Waals surface area contributed by atoms with Gasteiger partial charge in [-0.1, -0.05) is 0 Å². The van der Waals surface area contributed by atoms with Crippen molar-refractivity contribution in [3.05, 3.63) is 0 Å². The molecule has 0 aromatic carbocycles. The average Bonchev–Trinajstić information content (AvgIpc) is 2.53. The van der Waals surface area contributed by atoms with Crippen molar-refractivity contribution in [1.82, 2.24) is 10.2 Å². The molecule has 1 spiro atoms. The molecule has 2 aliphatic heterocycles. The van der Waals surface area contributed by atoms with Gasteiger partial charge in [-0.2, -0.15) is 0 Å². The van der Waals surface area contributed by atoms with Gasteiger partial charge in [-0.15, -0.1) is 0 Å². The van der Waals surface area contributed by atoms with Crippen LogP contribution in [0.25, 0.3) is 0 Å². The Morgan fingerprint density at radius 2 is 2.16 bits per heavy atom. The summed E-state index contributed by atoms with van der Waals surface area (Å²) >= 11 is 0. The van der Waals surface area contributed by atoms with E-state index in [9.17, 15) is 4.79 Å². The molecule has 110 valence electrons. The van der Waals surface area contributed by atoms with Crippen molar-refractivity contribution in [2.75, 3.05) is 46.0 Å². The van der Waals surface area contributed by atoms with Gasteiger partial charge in [-0.3, -0.25) is 0 Å². The van der Waals surface area contributed by atoms with Crippen LogP contribution < -0.4 is 5.32 Å². The molecule has 1 amide bonds. The molecule has 0 radical (unpaired) electrons. The predicted octanol–water partition coefficient (Wildman–Crippen LogP) is 0.612. The van der Waals surface area contributed by atoms with Gasteiger partial charge in [0.1, 0.15) is 11.2 Å². The zero-order valence-corrected chi connectivity index (χ0v) is 12.0. The van der Waals surface area contributed by atoms with E-state index in [1.165, 1.54) is 0 Å². The molecule has 0 unspecified atom stereocenters. The summed E-state index contributed by atoms with van der Waals surface area (Å²) in [6, 6.07) is 0. The molecule has 1 atom stereocenters. The highest BCUT2D eigenvalue weighted by molar-refractivity contribution is 5.68. The van der Waals surface area contributed by atoms with E-state index in [4.69, 9.17) is 14.2 Å². The summed E-state index contributed by atoms with van der Waals surface area (Å²) in [6.45, 7) is 9.92. The summed E-state index contributed by atoms with van der Waals surface area (Å²) in [6.07, 6.45) is -0.278. The van der Waals surface area contributed by atoms with E-state index >= 15 is 0 Å². The van der Waals surface area contributed by atoms with Crippen LogP contribution in [-0.2, 0) is 14.2 Å². The number of rotatable bonds is 0. The smallest absolute Gasteiger partial charge is 0.410 e.